The van der Waals surface area contributed by atoms with E-state index >= 15 is 0 Å². The molecule has 3 nitrogen and oxygen atoms in total. The lowest BCUT2D eigenvalue weighted by Crippen LogP contribution is -2.06. The Morgan fingerprint density at radius 2 is 1.90 bits per heavy atom. The highest BCUT2D eigenvalue weighted by Gasteiger charge is 2.12. The number of halogens is 2. The average molecular weight is 274 g/mol. The maximum absolute atomic E-state index is 13.7. The molecule has 0 radical (unpaired) electrons. The van der Waals surface area contributed by atoms with Crippen LogP contribution in [0.2, 0.25) is 0 Å². The van der Waals surface area contributed by atoms with Crippen LogP contribution in [0.4, 0.5) is 8.78 Å². The predicted octanol–water partition coefficient (Wildman–Crippen LogP) is 2.86. The molecule has 0 amide bonds. The van der Waals surface area contributed by atoms with Crippen LogP contribution in [0.25, 0.3) is 11.0 Å². The number of aliphatic hydroxyl groups excluding tert-OH is 1. The second kappa shape index (κ2) is 5.02. The zero-order valence-corrected chi connectivity index (χ0v) is 10.6. The first-order chi connectivity index (χ1) is 9.69. The maximum atomic E-state index is 13.7. The molecule has 0 spiro atoms. The molecule has 102 valence electrons. The molecule has 20 heavy (non-hydrogen) atoms. The number of rotatable bonds is 3. The van der Waals surface area contributed by atoms with Crippen molar-refractivity contribution in [1.29, 1.82) is 0 Å². The summed E-state index contributed by atoms with van der Waals surface area (Å²) in [5.41, 5.74) is 1.61. The Morgan fingerprint density at radius 3 is 2.65 bits per heavy atom. The van der Waals surface area contributed by atoms with Gasteiger partial charge in [-0.05, 0) is 18.2 Å². The topological polar surface area (TPSA) is 38.1 Å². The van der Waals surface area contributed by atoms with E-state index in [0.717, 1.165) is 0 Å². The standard InChI is InChI=1S/C15H12F2N2O/c16-11-5-6-14-13(7-11)18-15(9-20)19(14)8-10-3-1-2-4-12(10)17/h1-7,20H,8-9H2. The van der Waals surface area contributed by atoms with Crippen LogP contribution in [0.3, 0.4) is 0 Å². The van der Waals surface area contributed by atoms with Gasteiger partial charge in [0.2, 0.25) is 0 Å². The van der Waals surface area contributed by atoms with Gasteiger partial charge in [0.15, 0.2) is 0 Å². The monoisotopic (exact) mass is 274 g/mol. The molecule has 0 bridgehead atoms. The normalized spacial score (nSPS) is 11.2. The molecule has 0 aliphatic carbocycles. The Morgan fingerprint density at radius 1 is 1.10 bits per heavy atom. The van der Waals surface area contributed by atoms with Crippen molar-refractivity contribution in [3.05, 3.63) is 65.5 Å². The summed E-state index contributed by atoms with van der Waals surface area (Å²) >= 11 is 0. The summed E-state index contributed by atoms with van der Waals surface area (Å²) in [5.74, 6) is -0.327. The van der Waals surface area contributed by atoms with Gasteiger partial charge in [-0.15, -0.1) is 0 Å². The number of nitrogens with zero attached hydrogens (tertiary/aromatic N) is 2. The number of aliphatic hydroxyl groups is 1. The Balaban J connectivity index is 2.12. The highest BCUT2D eigenvalue weighted by Crippen LogP contribution is 2.20. The first-order valence-corrected chi connectivity index (χ1v) is 6.18. The van der Waals surface area contributed by atoms with Crippen molar-refractivity contribution >= 4 is 11.0 Å². The zero-order chi connectivity index (χ0) is 14.1. The van der Waals surface area contributed by atoms with Crippen LogP contribution in [-0.2, 0) is 13.2 Å². The highest BCUT2D eigenvalue weighted by molar-refractivity contribution is 5.76. The first kappa shape index (κ1) is 12.7. The van der Waals surface area contributed by atoms with Crippen LogP contribution in [0.1, 0.15) is 11.4 Å². The van der Waals surface area contributed by atoms with E-state index in [1.54, 1.807) is 28.8 Å². The minimum absolute atomic E-state index is 0.241. The molecular formula is C15H12F2N2O. The van der Waals surface area contributed by atoms with Crippen LogP contribution < -0.4 is 0 Å². The maximum Gasteiger partial charge on any atom is 0.136 e. The van der Waals surface area contributed by atoms with Crippen molar-refractivity contribution in [2.75, 3.05) is 0 Å². The fourth-order valence-electron chi connectivity index (χ4n) is 2.25. The summed E-state index contributed by atoms with van der Waals surface area (Å²) < 4.78 is 28.6. The predicted molar refractivity (Wildman–Crippen MR) is 71.1 cm³/mol. The first-order valence-electron chi connectivity index (χ1n) is 6.18. The second-order valence-electron chi connectivity index (χ2n) is 4.50. The molecule has 0 unspecified atom stereocenters. The number of hydrogen-bond acceptors (Lipinski definition) is 2. The van der Waals surface area contributed by atoms with E-state index in [1.165, 1.54) is 18.2 Å². The molecule has 0 saturated carbocycles. The molecule has 0 aliphatic rings. The summed E-state index contributed by atoms with van der Waals surface area (Å²) in [6, 6.07) is 10.6. The van der Waals surface area contributed by atoms with E-state index in [1.807, 2.05) is 0 Å². The molecular weight excluding hydrogens is 262 g/mol. The molecule has 1 N–H and O–H groups in total. The molecule has 1 heterocycles. The summed E-state index contributed by atoms with van der Waals surface area (Å²) in [6.07, 6.45) is 0. The van der Waals surface area contributed by atoms with E-state index in [0.29, 0.717) is 22.4 Å². The zero-order valence-electron chi connectivity index (χ0n) is 10.6. The van der Waals surface area contributed by atoms with E-state index in [2.05, 4.69) is 4.98 Å². The van der Waals surface area contributed by atoms with E-state index < -0.39 is 5.82 Å². The van der Waals surface area contributed by atoms with Crippen LogP contribution in [-0.4, -0.2) is 14.7 Å². The number of hydrogen-bond donors (Lipinski definition) is 1. The SMILES string of the molecule is OCc1nc2cc(F)ccc2n1Cc1ccccc1F. The smallest absolute Gasteiger partial charge is 0.136 e. The Hall–Kier alpha value is -2.27. The van der Waals surface area contributed by atoms with Crippen molar-refractivity contribution in [2.45, 2.75) is 13.2 Å². The van der Waals surface area contributed by atoms with Gasteiger partial charge in [-0.2, -0.15) is 0 Å². The molecule has 0 atom stereocenters. The third-order valence-corrected chi connectivity index (χ3v) is 3.22. The van der Waals surface area contributed by atoms with Gasteiger partial charge in [0, 0.05) is 11.6 Å². The number of imidazole rings is 1. The van der Waals surface area contributed by atoms with Gasteiger partial charge in [0.25, 0.3) is 0 Å². The van der Waals surface area contributed by atoms with Crippen LogP contribution in [0, 0.1) is 11.6 Å². The largest absolute Gasteiger partial charge is 0.388 e. The van der Waals surface area contributed by atoms with Gasteiger partial charge in [-0.3, -0.25) is 0 Å². The Kier molecular flexibility index (Phi) is 3.20. The third kappa shape index (κ3) is 2.16. The summed E-state index contributed by atoms with van der Waals surface area (Å²) in [5, 5.41) is 9.37. The van der Waals surface area contributed by atoms with Crippen molar-refractivity contribution in [1.82, 2.24) is 9.55 Å². The Bertz CT molecular complexity index is 768. The van der Waals surface area contributed by atoms with Crippen LogP contribution in [0.5, 0.6) is 0 Å². The summed E-state index contributed by atoms with van der Waals surface area (Å²) in [7, 11) is 0. The minimum Gasteiger partial charge on any atom is -0.388 e. The Labute approximate surface area is 114 Å². The fraction of sp³-hybridized carbons (Fsp3) is 0.133. The lowest BCUT2D eigenvalue weighted by molar-refractivity contribution is 0.267. The average Bonchev–Trinajstić information content (AvgIpc) is 2.78. The van der Waals surface area contributed by atoms with Gasteiger partial charge in [0.1, 0.15) is 24.1 Å². The molecule has 3 aromatic rings. The molecule has 0 aliphatic heterocycles. The molecule has 1 aromatic heterocycles. The van der Waals surface area contributed by atoms with Gasteiger partial charge in [-0.1, -0.05) is 18.2 Å². The minimum atomic E-state index is -0.391. The van der Waals surface area contributed by atoms with Crippen molar-refractivity contribution in [3.8, 4) is 0 Å². The summed E-state index contributed by atoms with van der Waals surface area (Å²) in [4.78, 5) is 4.17. The molecule has 5 heteroatoms. The van der Waals surface area contributed by atoms with Crippen LogP contribution >= 0.6 is 0 Å². The van der Waals surface area contributed by atoms with E-state index in [-0.39, 0.29) is 19.0 Å². The van der Waals surface area contributed by atoms with Crippen molar-refractivity contribution in [3.63, 3.8) is 0 Å². The van der Waals surface area contributed by atoms with Gasteiger partial charge >= 0.3 is 0 Å². The van der Waals surface area contributed by atoms with Crippen molar-refractivity contribution in [2.24, 2.45) is 0 Å². The molecule has 3 rings (SSSR count). The summed E-state index contributed by atoms with van der Waals surface area (Å²) in [6.45, 7) is -0.0462. The van der Waals surface area contributed by atoms with Gasteiger partial charge in [0.05, 0.1) is 17.6 Å². The van der Waals surface area contributed by atoms with E-state index in [4.69, 9.17) is 0 Å². The molecule has 0 fully saturated rings. The lowest BCUT2D eigenvalue weighted by atomic mass is 10.2. The quantitative estimate of drug-likeness (QED) is 0.797. The van der Waals surface area contributed by atoms with E-state index in [9.17, 15) is 13.9 Å². The fourth-order valence-corrected chi connectivity index (χ4v) is 2.25. The number of benzene rings is 2. The van der Waals surface area contributed by atoms with Gasteiger partial charge in [-0.25, -0.2) is 13.8 Å². The van der Waals surface area contributed by atoms with Gasteiger partial charge < -0.3 is 9.67 Å². The second-order valence-corrected chi connectivity index (χ2v) is 4.50. The number of aromatic nitrogens is 2. The lowest BCUT2D eigenvalue weighted by Gasteiger charge is -2.08. The number of fused-ring (bicyclic) bond motifs is 1. The molecule has 2 aromatic carbocycles. The van der Waals surface area contributed by atoms with Crippen LogP contribution in [0.15, 0.2) is 42.5 Å². The van der Waals surface area contributed by atoms with Crippen molar-refractivity contribution < 1.29 is 13.9 Å². The third-order valence-electron chi connectivity index (χ3n) is 3.22. The molecule has 0 saturated heterocycles. The highest BCUT2D eigenvalue weighted by atomic mass is 19.1.